The highest BCUT2D eigenvalue weighted by Crippen LogP contribution is 2.14. The number of aliphatic hydroxyl groups excluding tert-OH is 1. The molecule has 0 aliphatic carbocycles. The van der Waals surface area contributed by atoms with Crippen LogP contribution in [0.15, 0.2) is 12.3 Å². The van der Waals surface area contributed by atoms with E-state index < -0.39 is 24.0 Å². The average molecular weight is 598 g/mol. The van der Waals surface area contributed by atoms with Gasteiger partial charge in [-0.05, 0) is 38.5 Å². The molecule has 7 N–H and O–H groups in total. The summed E-state index contributed by atoms with van der Waals surface area (Å²) in [7, 11) is 0. The Morgan fingerprint density at radius 3 is 1.45 bits per heavy atom. The van der Waals surface area contributed by atoms with Crippen molar-refractivity contribution in [3.05, 3.63) is 12.3 Å². The van der Waals surface area contributed by atoms with Crippen LogP contribution < -0.4 is 16.4 Å². The maximum absolute atomic E-state index is 12.2. The van der Waals surface area contributed by atoms with Gasteiger partial charge in [-0.15, -0.1) is 0 Å². The molecule has 2 amide bonds. The Kier molecular flexibility index (Phi) is 25.5. The van der Waals surface area contributed by atoms with E-state index in [9.17, 15) is 29.4 Å². The molecular weight excluding hydrogens is 538 g/mol. The van der Waals surface area contributed by atoms with Gasteiger partial charge in [-0.25, -0.2) is 4.79 Å². The molecular formula is C32H59N3O7. The number of hydrogen-bond acceptors (Lipinski definition) is 6. The zero-order valence-corrected chi connectivity index (χ0v) is 25.9. The van der Waals surface area contributed by atoms with E-state index in [0.717, 1.165) is 51.4 Å². The lowest BCUT2D eigenvalue weighted by Gasteiger charge is -2.14. The molecule has 0 bridgehead atoms. The van der Waals surface area contributed by atoms with Crippen LogP contribution in [0, 0.1) is 0 Å². The smallest absolute Gasteiger partial charge is 0.326 e. The number of hydrogen-bond donors (Lipinski definition) is 6. The number of aliphatic carboxylic acids is 2. The van der Waals surface area contributed by atoms with Gasteiger partial charge in [0.15, 0.2) is 0 Å². The first kappa shape index (κ1) is 39.4. The molecule has 0 radical (unpaired) electrons. The minimum Gasteiger partial charge on any atom is -0.511 e. The van der Waals surface area contributed by atoms with E-state index in [1.54, 1.807) is 0 Å². The van der Waals surface area contributed by atoms with Gasteiger partial charge < -0.3 is 31.7 Å². The van der Waals surface area contributed by atoms with Crippen LogP contribution in [-0.2, 0) is 19.2 Å². The number of aliphatic hydroxyl groups is 1. The van der Waals surface area contributed by atoms with Crippen molar-refractivity contribution >= 4 is 23.8 Å². The third-order valence-corrected chi connectivity index (χ3v) is 7.53. The summed E-state index contributed by atoms with van der Waals surface area (Å²) in [5.41, 5.74) is 5.67. The highest BCUT2D eigenvalue weighted by atomic mass is 16.4. The molecule has 244 valence electrons. The normalized spacial score (nSPS) is 12.4. The van der Waals surface area contributed by atoms with Crippen LogP contribution in [0.5, 0.6) is 0 Å². The Hall–Kier alpha value is -2.62. The molecule has 2 atom stereocenters. The number of carbonyl (C=O) groups is 4. The average Bonchev–Trinajstić information content (AvgIpc) is 2.93. The van der Waals surface area contributed by atoms with Crippen molar-refractivity contribution in [2.24, 2.45) is 5.73 Å². The summed E-state index contributed by atoms with van der Waals surface area (Å²) in [4.78, 5) is 46.2. The van der Waals surface area contributed by atoms with E-state index in [-0.39, 0.29) is 30.4 Å². The lowest BCUT2D eigenvalue weighted by molar-refractivity contribution is -0.142. The molecule has 0 rings (SSSR count). The van der Waals surface area contributed by atoms with Gasteiger partial charge in [0.2, 0.25) is 11.8 Å². The molecule has 0 fully saturated rings. The van der Waals surface area contributed by atoms with Gasteiger partial charge in [0, 0.05) is 25.8 Å². The number of nitrogens with two attached hydrogens (primary N) is 1. The maximum Gasteiger partial charge on any atom is 0.326 e. The standard InChI is InChI=1S/C32H59N3O7/c1-26(36)27(33)20-18-19-25-34-29(37)24-23-28(32(41)42)35-30(38)21-16-14-12-10-8-6-4-2-3-5-7-9-11-13-15-17-22-31(39)40/h27-28,36H,1-25,33H2,(H,34,37)(H,35,38)(H,39,40)(H,41,42)/t27-,28-/m0/s1. The third kappa shape index (κ3) is 26.3. The van der Waals surface area contributed by atoms with Gasteiger partial charge in [-0.1, -0.05) is 96.5 Å². The topological polar surface area (TPSA) is 179 Å². The molecule has 0 aliphatic heterocycles. The number of unbranched alkanes of at least 4 members (excludes halogenated alkanes) is 16. The second kappa shape index (κ2) is 27.2. The first-order chi connectivity index (χ1) is 20.1. The van der Waals surface area contributed by atoms with Crippen molar-refractivity contribution < 1.29 is 34.5 Å². The molecule has 0 aromatic rings. The number of nitrogens with one attached hydrogen (secondary N) is 2. The predicted molar refractivity (Wildman–Crippen MR) is 166 cm³/mol. The van der Waals surface area contributed by atoms with Gasteiger partial charge in [-0.2, -0.15) is 0 Å². The Morgan fingerprint density at radius 2 is 1.02 bits per heavy atom. The van der Waals surface area contributed by atoms with Crippen molar-refractivity contribution in [3.63, 3.8) is 0 Å². The molecule has 0 heterocycles. The highest BCUT2D eigenvalue weighted by Gasteiger charge is 2.20. The van der Waals surface area contributed by atoms with Crippen LogP contribution in [0.1, 0.15) is 148 Å². The van der Waals surface area contributed by atoms with E-state index in [2.05, 4.69) is 17.2 Å². The summed E-state index contributed by atoms with van der Waals surface area (Å²) in [5, 5.41) is 32.5. The largest absolute Gasteiger partial charge is 0.511 e. The molecule has 42 heavy (non-hydrogen) atoms. The molecule has 0 aromatic heterocycles. The zero-order chi connectivity index (χ0) is 31.4. The Bertz CT molecular complexity index is 760. The van der Waals surface area contributed by atoms with E-state index >= 15 is 0 Å². The molecule has 0 spiro atoms. The number of carboxylic acid groups (broad SMARTS) is 2. The van der Waals surface area contributed by atoms with Crippen molar-refractivity contribution in [3.8, 4) is 0 Å². The van der Waals surface area contributed by atoms with Crippen molar-refractivity contribution in [1.29, 1.82) is 0 Å². The lowest BCUT2D eigenvalue weighted by Crippen LogP contribution is -2.41. The quantitative estimate of drug-likeness (QED) is 0.0423. The summed E-state index contributed by atoms with van der Waals surface area (Å²) >= 11 is 0. The minimum atomic E-state index is -1.14. The molecule has 0 aromatic carbocycles. The Morgan fingerprint density at radius 1 is 0.571 bits per heavy atom. The van der Waals surface area contributed by atoms with Gasteiger partial charge >= 0.3 is 11.9 Å². The molecule has 0 aliphatic rings. The van der Waals surface area contributed by atoms with Crippen molar-refractivity contribution in [2.75, 3.05) is 6.54 Å². The fourth-order valence-corrected chi connectivity index (χ4v) is 4.81. The number of amides is 2. The van der Waals surface area contributed by atoms with Crippen molar-refractivity contribution in [1.82, 2.24) is 10.6 Å². The molecule has 10 nitrogen and oxygen atoms in total. The summed E-state index contributed by atoms with van der Waals surface area (Å²) < 4.78 is 0. The molecule has 0 unspecified atom stereocenters. The summed E-state index contributed by atoms with van der Waals surface area (Å²) in [6, 6.07) is -1.54. The van der Waals surface area contributed by atoms with E-state index in [0.29, 0.717) is 32.2 Å². The van der Waals surface area contributed by atoms with Gasteiger partial charge in [-0.3, -0.25) is 14.4 Å². The maximum atomic E-state index is 12.2. The molecule has 0 saturated carbocycles. The minimum absolute atomic E-state index is 0.0157. The van der Waals surface area contributed by atoms with Crippen LogP contribution >= 0.6 is 0 Å². The van der Waals surface area contributed by atoms with E-state index in [1.807, 2.05) is 0 Å². The Labute approximate surface area is 253 Å². The van der Waals surface area contributed by atoms with E-state index in [1.165, 1.54) is 57.8 Å². The molecule has 10 heteroatoms. The predicted octanol–water partition coefficient (Wildman–Crippen LogP) is 6.13. The van der Waals surface area contributed by atoms with Crippen LogP contribution in [0.3, 0.4) is 0 Å². The van der Waals surface area contributed by atoms with Crippen LogP contribution in [0.4, 0.5) is 0 Å². The third-order valence-electron chi connectivity index (χ3n) is 7.53. The second-order valence-electron chi connectivity index (χ2n) is 11.5. The first-order valence-electron chi connectivity index (χ1n) is 16.3. The fourth-order valence-electron chi connectivity index (χ4n) is 4.81. The van der Waals surface area contributed by atoms with Crippen LogP contribution in [-0.4, -0.2) is 57.7 Å². The van der Waals surface area contributed by atoms with Crippen LogP contribution in [0.25, 0.3) is 0 Å². The zero-order valence-electron chi connectivity index (χ0n) is 25.9. The number of carbonyl (C=O) groups excluding carboxylic acids is 2. The fraction of sp³-hybridized carbons (Fsp3) is 0.812. The highest BCUT2D eigenvalue weighted by molar-refractivity contribution is 5.84. The monoisotopic (exact) mass is 597 g/mol. The summed E-state index contributed by atoms with van der Waals surface area (Å²) in [5.74, 6) is -2.44. The van der Waals surface area contributed by atoms with Gasteiger partial charge in [0.1, 0.15) is 11.8 Å². The Balaban J connectivity index is 3.65. The van der Waals surface area contributed by atoms with Gasteiger partial charge in [0.25, 0.3) is 0 Å². The second-order valence-corrected chi connectivity index (χ2v) is 11.5. The van der Waals surface area contributed by atoms with E-state index in [4.69, 9.17) is 10.8 Å². The first-order valence-corrected chi connectivity index (χ1v) is 16.3. The lowest BCUT2D eigenvalue weighted by atomic mass is 10.0. The number of rotatable bonds is 30. The summed E-state index contributed by atoms with van der Waals surface area (Å²) in [6.07, 6.45) is 20.8. The SMILES string of the molecule is C=C(O)[C@@H](N)CCCCNC(=O)CC[C@H](NC(=O)CCCCCCCCCCCCCCCCCCC(=O)O)C(=O)O. The summed E-state index contributed by atoms with van der Waals surface area (Å²) in [6.45, 7) is 3.83. The van der Waals surface area contributed by atoms with Crippen molar-refractivity contribution in [2.45, 2.75) is 160 Å². The van der Waals surface area contributed by atoms with Crippen LogP contribution in [0.2, 0.25) is 0 Å². The number of carboxylic acids is 2. The van der Waals surface area contributed by atoms with Gasteiger partial charge in [0.05, 0.1) is 6.04 Å². The molecule has 0 saturated heterocycles.